The topological polar surface area (TPSA) is 79.2 Å². The lowest BCUT2D eigenvalue weighted by atomic mass is 10.1. The van der Waals surface area contributed by atoms with E-state index < -0.39 is 6.17 Å². The van der Waals surface area contributed by atoms with Gasteiger partial charge in [0.2, 0.25) is 0 Å². The van der Waals surface area contributed by atoms with Crippen molar-refractivity contribution in [2.75, 3.05) is 13.1 Å². The van der Waals surface area contributed by atoms with Crippen molar-refractivity contribution < 1.29 is 9.18 Å². The van der Waals surface area contributed by atoms with E-state index in [-0.39, 0.29) is 13.3 Å². The van der Waals surface area contributed by atoms with Crippen LogP contribution in [-0.4, -0.2) is 54.9 Å². The minimum Gasteiger partial charge on any atom is -0.338 e. The van der Waals surface area contributed by atoms with E-state index in [1.54, 1.807) is 34.2 Å². The highest BCUT2D eigenvalue weighted by Gasteiger charge is 2.24. The minimum atomic E-state index is -0.792. The van der Waals surface area contributed by atoms with Crippen molar-refractivity contribution in [3.63, 3.8) is 0 Å². The molecule has 4 aromatic heterocycles. The number of hydrogen-bond acceptors (Lipinski definition) is 5. The minimum absolute atomic E-state index is 0. The van der Waals surface area contributed by atoms with E-state index in [0.29, 0.717) is 30.8 Å². The van der Waals surface area contributed by atoms with Gasteiger partial charge in [0, 0.05) is 48.4 Å². The standard InChI is InChI=1S/C19H17FN6OS.CH4/c20-15-1-3-25(4-2-15)19(27)17-5-12(11-28-17)16-9-24-26-10-14(6-21-18(16)26)13-7-22-23-8-13;/h5-11,15H,1-4H2,(H,22,23);1H4. The van der Waals surface area contributed by atoms with Crippen LogP contribution in [0.1, 0.15) is 29.9 Å². The second-order valence-corrected chi connectivity index (χ2v) is 7.73. The number of aromatic nitrogens is 5. The maximum absolute atomic E-state index is 13.3. The Morgan fingerprint density at radius 1 is 1.17 bits per heavy atom. The summed E-state index contributed by atoms with van der Waals surface area (Å²) in [6.07, 6.45) is 9.01. The first kappa shape index (κ1) is 19.3. The van der Waals surface area contributed by atoms with Crippen LogP contribution >= 0.6 is 11.3 Å². The van der Waals surface area contributed by atoms with Gasteiger partial charge in [0.1, 0.15) is 6.17 Å². The SMILES string of the molecule is C.O=C(c1cc(-c2cnn3cc(-c4cn[nH]c4)cnc23)cs1)N1CCC(F)CC1. The molecule has 5 rings (SSSR count). The van der Waals surface area contributed by atoms with Gasteiger partial charge in [0.15, 0.2) is 5.65 Å². The quantitative estimate of drug-likeness (QED) is 0.550. The van der Waals surface area contributed by atoms with E-state index in [1.165, 1.54) is 11.3 Å². The van der Waals surface area contributed by atoms with Gasteiger partial charge in [-0.15, -0.1) is 11.3 Å². The molecule has 0 aromatic carbocycles. The lowest BCUT2D eigenvalue weighted by molar-refractivity contribution is 0.0672. The molecule has 0 unspecified atom stereocenters. The van der Waals surface area contributed by atoms with Crippen molar-refractivity contribution in [2.45, 2.75) is 26.4 Å². The zero-order chi connectivity index (χ0) is 19.1. The van der Waals surface area contributed by atoms with Crippen molar-refractivity contribution in [1.29, 1.82) is 0 Å². The Kier molecular flexibility index (Phi) is 5.14. The van der Waals surface area contributed by atoms with Crippen LogP contribution < -0.4 is 0 Å². The summed E-state index contributed by atoms with van der Waals surface area (Å²) in [7, 11) is 0. The Hall–Kier alpha value is -3.07. The van der Waals surface area contributed by atoms with E-state index in [4.69, 9.17) is 0 Å². The summed E-state index contributed by atoms with van der Waals surface area (Å²) in [4.78, 5) is 19.6. The molecule has 1 saturated heterocycles. The summed E-state index contributed by atoms with van der Waals surface area (Å²) in [6, 6.07) is 1.87. The number of piperidine rings is 1. The predicted octanol–water partition coefficient (Wildman–Crippen LogP) is 4.06. The van der Waals surface area contributed by atoms with E-state index in [0.717, 1.165) is 27.9 Å². The molecule has 0 spiro atoms. The normalized spacial score (nSPS) is 14.9. The molecule has 4 aromatic rings. The van der Waals surface area contributed by atoms with Crippen LogP contribution in [0, 0.1) is 0 Å². The molecular weight excluding hydrogens is 391 g/mol. The molecule has 7 nitrogen and oxygen atoms in total. The maximum Gasteiger partial charge on any atom is 0.263 e. The van der Waals surface area contributed by atoms with Gasteiger partial charge < -0.3 is 4.90 Å². The van der Waals surface area contributed by atoms with Gasteiger partial charge in [-0.1, -0.05) is 7.43 Å². The van der Waals surface area contributed by atoms with Gasteiger partial charge in [-0.25, -0.2) is 13.9 Å². The van der Waals surface area contributed by atoms with Gasteiger partial charge in [0.25, 0.3) is 5.91 Å². The molecule has 9 heteroatoms. The van der Waals surface area contributed by atoms with Crippen molar-refractivity contribution in [3.8, 4) is 22.3 Å². The Labute approximate surface area is 171 Å². The Morgan fingerprint density at radius 3 is 2.76 bits per heavy atom. The molecule has 5 heterocycles. The number of alkyl halides is 1. The summed E-state index contributed by atoms with van der Waals surface area (Å²) in [6.45, 7) is 0.949. The van der Waals surface area contributed by atoms with Crippen LogP contribution in [0.15, 0.2) is 42.4 Å². The Morgan fingerprint density at radius 2 is 2.00 bits per heavy atom. The molecular formula is C20H21FN6OS. The van der Waals surface area contributed by atoms with Gasteiger partial charge >= 0.3 is 0 Å². The van der Waals surface area contributed by atoms with Crippen molar-refractivity contribution >= 4 is 22.9 Å². The summed E-state index contributed by atoms with van der Waals surface area (Å²) in [5.41, 5.74) is 4.35. The fourth-order valence-electron chi connectivity index (χ4n) is 3.43. The highest BCUT2D eigenvalue weighted by molar-refractivity contribution is 7.12. The number of carbonyl (C=O) groups excluding carboxylic acids is 1. The van der Waals surface area contributed by atoms with Crippen LogP contribution in [-0.2, 0) is 0 Å². The number of halogens is 1. The number of aromatic amines is 1. The van der Waals surface area contributed by atoms with Gasteiger partial charge in [-0.3, -0.25) is 9.89 Å². The number of thiophene rings is 1. The molecule has 0 bridgehead atoms. The van der Waals surface area contributed by atoms with Crippen molar-refractivity contribution in [3.05, 3.63) is 47.3 Å². The highest BCUT2D eigenvalue weighted by Crippen LogP contribution is 2.30. The monoisotopic (exact) mass is 412 g/mol. The molecule has 1 aliphatic rings. The Bertz CT molecular complexity index is 1130. The first-order valence-corrected chi connectivity index (χ1v) is 9.92. The van der Waals surface area contributed by atoms with Crippen LogP contribution in [0.3, 0.4) is 0 Å². The van der Waals surface area contributed by atoms with E-state index >= 15 is 0 Å². The molecule has 1 N–H and O–H groups in total. The largest absolute Gasteiger partial charge is 0.338 e. The number of carbonyl (C=O) groups is 1. The summed E-state index contributed by atoms with van der Waals surface area (Å²) >= 11 is 1.40. The van der Waals surface area contributed by atoms with Gasteiger partial charge in [-0.2, -0.15) is 10.2 Å². The van der Waals surface area contributed by atoms with E-state index in [2.05, 4.69) is 20.3 Å². The predicted molar refractivity (Wildman–Crippen MR) is 111 cm³/mol. The zero-order valence-electron chi connectivity index (χ0n) is 14.9. The van der Waals surface area contributed by atoms with Crippen LogP contribution in [0.2, 0.25) is 0 Å². The molecule has 150 valence electrons. The number of H-pyrrole nitrogens is 1. The average Bonchev–Trinajstić information content (AvgIpc) is 3.47. The third-order valence-corrected chi connectivity index (χ3v) is 5.94. The van der Waals surface area contributed by atoms with Crippen LogP contribution in [0.5, 0.6) is 0 Å². The molecule has 0 saturated carbocycles. The number of nitrogens with one attached hydrogen (secondary N) is 1. The lowest BCUT2D eigenvalue weighted by Gasteiger charge is -2.28. The summed E-state index contributed by atoms with van der Waals surface area (Å²) in [5.74, 6) is -0.0326. The number of rotatable bonds is 3. The molecule has 0 radical (unpaired) electrons. The Balaban J connectivity index is 0.00000205. The summed E-state index contributed by atoms with van der Waals surface area (Å²) < 4.78 is 15.0. The molecule has 0 aliphatic carbocycles. The van der Waals surface area contributed by atoms with Crippen LogP contribution in [0.25, 0.3) is 27.9 Å². The summed E-state index contributed by atoms with van der Waals surface area (Å²) in [5, 5.41) is 13.1. The maximum atomic E-state index is 13.3. The number of fused-ring (bicyclic) bond motifs is 1. The molecule has 1 amide bonds. The second kappa shape index (κ2) is 7.75. The molecule has 1 aliphatic heterocycles. The van der Waals surface area contributed by atoms with Crippen molar-refractivity contribution in [2.24, 2.45) is 0 Å². The van der Waals surface area contributed by atoms with Crippen molar-refractivity contribution in [1.82, 2.24) is 29.7 Å². The van der Waals surface area contributed by atoms with Gasteiger partial charge in [-0.05, 0) is 29.9 Å². The third kappa shape index (κ3) is 3.53. The fourth-order valence-corrected chi connectivity index (χ4v) is 4.31. The number of nitrogens with zero attached hydrogens (tertiary/aromatic N) is 5. The second-order valence-electron chi connectivity index (χ2n) is 6.82. The average molecular weight is 412 g/mol. The molecule has 29 heavy (non-hydrogen) atoms. The van der Waals surface area contributed by atoms with E-state index in [1.807, 2.05) is 17.6 Å². The van der Waals surface area contributed by atoms with Crippen LogP contribution in [0.4, 0.5) is 4.39 Å². The third-order valence-electron chi connectivity index (χ3n) is 5.02. The lowest BCUT2D eigenvalue weighted by Crippen LogP contribution is -2.38. The van der Waals surface area contributed by atoms with E-state index in [9.17, 15) is 9.18 Å². The molecule has 0 atom stereocenters. The number of amides is 1. The zero-order valence-corrected chi connectivity index (χ0v) is 15.7. The fraction of sp³-hybridized carbons (Fsp3) is 0.300. The number of likely N-dealkylation sites (tertiary alicyclic amines) is 1. The highest BCUT2D eigenvalue weighted by atomic mass is 32.1. The number of hydrogen-bond donors (Lipinski definition) is 1. The first-order valence-electron chi connectivity index (χ1n) is 9.04. The van der Waals surface area contributed by atoms with Gasteiger partial charge in [0.05, 0.1) is 17.3 Å². The first-order chi connectivity index (χ1) is 13.7. The molecule has 1 fully saturated rings. The smallest absolute Gasteiger partial charge is 0.263 e.